The summed E-state index contributed by atoms with van der Waals surface area (Å²) in [5.74, 6) is -0.174. The zero-order valence-electron chi connectivity index (χ0n) is 20.9. The van der Waals surface area contributed by atoms with Gasteiger partial charge in [0, 0.05) is 29.1 Å². The average Bonchev–Trinajstić information content (AvgIpc) is 2.82. The third-order valence-corrected chi connectivity index (χ3v) is 7.16. The van der Waals surface area contributed by atoms with Gasteiger partial charge in [0.05, 0.1) is 17.7 Å². The van der Waals surface area contributed by atoms with Crippen LogP contribution in [0.3, 0.4) is 0 Å². The minimum atomic E-state index is -1.12. The first kappa shape index (κ1) is 23.3. The molecule has 0 radical (unpaired) electrons. The minimum Gasteiger partial charge on any atom is -0.493 e. The summed E-state index contributed by atoms with van der Waals surface area (Å²) in [6, 6.07) is 14.4. The predicted octanol–water partition coefficient (Wildman–Crippen LogP) is 6.94. The van der Waals surface area contributed by atoms with Crippen molar-refractivity contribution in [3.05, 3.63) is 70.9 Å². The van der Waals surface area contributed by atoms with Gasteiger partial charge >= 0.3 is 5.97 Å². The van der Waals surface area contributed by atoms with Crippen LogP contribution in [0.4, 0.5) is 0 Å². The molecule has 5 rings (SSSR count). The number of hydrogen-bond acceptors (Lipinski definition) is 4. The monoisotopic (exact) mass is 469 g/mol. The number of carboxylic acid groups (broad SMARTS) is 1. The van der Waals surface area contributed by atoms with E-state index >= 15 is 0 Å². The highest BCUT2D eigenvalue weighted by atomic mass is 16.5. The maximum atomic E-state index is 12.7. The van der Waals surface area contributed by atoms with E-state index in [9.17, 15) is 9.90 Å². The molecule has 5 heteroatoms. The molecule has 0 aliphatic carbocycles. The Morgan fingerprint density at radius 2 is 1.97 bits per heavy atom. The van der Waals surface area contributed by atoms with Crippen LogP contribution in [0.25, 0.3) is 32.8 Å². The van der Waals surface area contributed by atoms with Crippen molar-refractivity contribution in [3.8, 4) is 16.9 Å². The molecule has 5 nitrogen and oxygen atoms in total. The first-order chi connectivity index (χ1) is 16.7. The summed E-state index contributed by atoms with van der Waals surface area (Å²) in [7, 11) is 0. The van der Waals surface area contributed by atoms with Crippen molar-refractivity contribution in [1.29, 1.82) is 0 Å². The molecule has 2 heterocycles. The van der Waals surface area contributed by atoms with Gasteiger partial charge in [-0.2, -0.15) is 0 Å². The molecule has 1 aliphatic rings. The van der Waals surface area contributed by atoms with Gasteiger partial charge < -0.3 is 14.6 Å². The molecule has 4 aromatic rings. The fraction of sp³-hybridized carbons (Fsp3) is 0.333. The van der Waals surface area contributed by atoms with Crippen molar-refractivity contribution in [2.24, 2.45) is 0 Å². The van der Waals surface area contributed by atoms with E-state index in [2.05, 4.69) is 31.2 Å². The summed E-state index contributed by atoms with van der Waals surface area (Å²) in [6.07, 6.45) is 2.23. The van der Waals surface area contributed by atoms with Crippen molar-refractivity contribution in [3.63, 3.8) is 0 Å². The molecule has 1 atom stereocenters. The highest BCUT2D eigenvalue weighted by Crippen LogP contribution is 2.45. The smallest absolute Gasteiger partial charge is 0.337 e. The van der Waals surface area contributed by atoms with Gasteiger partial charge in [0.25, 0.3) is 0 Å². The fourth-order valence-corrected chi connectivity index (χ4v) is 5.05. The van der Waals surface area contributed by atoms with Gasteiger partial charge in [0.15, 0.2) is 6.10 Å². The molecular formula is C30H31NO4. The molecule has 0 spiro atoms. The van der Waals surface area contributed by atoms with Gasteiger partial charge in [0.1, 0.15) is 5.75 Å². The number of rotatable bonds is 6. The Balaban J connectivity index is 1.89. The molecule has 0 saturated carbocycles. The van der Waals surface area contributed by atoms with Crippen LogP contribution in [-0.4, -0.2) is 28.3 Å². The van der Waals surface area contributed by atoms with E-state index in [1.165, 1.54) is 5.56 Å². The Labute approximate surface area is 205 Å². The lowest BCUT2D eigenvalue weighted by atomic mass is 9.85. The van der Waals surface area contributed by atoms with E-state index in [1.807, 2.05) is 52.1 Å². The summed E-state index contributed by atoms with van der Waals surface area (Å²) < 4.78 is 12.2. The molecule has 0 fully saturated rings. The standard InChI is InChI=1S/C30H31NO4/c1-6-30(4,5)35-28(29(32)33)24-18(3)16-20-15-17(2)7-8-21(20)26(24)22-9-10-23-25-19(12-14-34-23)11-13-31-27(22)25/h7-11,13,15-16,28H,6,12,14H2,1-5H3,(H,32,33)/t28-/m1/s1. The second-order valence-electron chi connectivity index (χ2n) is 10.1. The van der Waals surface area contributed by atoms with Crippen LogP contribution < -0.4 is 4.74 Å². The first-order valence-electron chi connectivity index (χ1n) is 12.2. The number of fused-ring (bicyclic) bond motifs is 1. The lowest BCUT2D eigenvalue weighted by Crippen LogP contribution is -2.30. The van der Waals surface area contributed by atoms with Gasteiger partial charge in [-0.25, -0.2) is 4.79 Å². The lowest BCUT2D eigenvalue weighted by Gasteiger charge is -2.31. The van der Waals surface area contributed by atoms with Crippen molar-refractivity contribution in [1.82, 2.24) is 4.98 Å². The Morgan fingerprint density at radius 3 is 2.71 bits per heavy atom. The zero-order chi connectivity index (χ0) is 24.9. The largest absolute Gasteiger partial charge is 0.493 e. The molecule has 0 amide bonds. The van der Waals surface area contributed by atoms with Crippen LogP contribution in [0, 0.1) is 13.8 Å². The van der Waals surface area contributed by atoms with E-state index in [0.717, 1.165) is 56.1 Å². The molecule has 1 N–H and O–H groups in total. The third-order valence-electron chi connectivity index (χ3n) is 7.16. The molecule has 180 valence electrons. The zero-order valence-corrected chi connectivity index (χ0v) is 20.9. The Kier molecular flexibility index (Phi) is 5.76. The number of aryl methyl sites for hydroxylation is 2. The van der Waals surface area contributed by atoms with Crippen LogP contribution in [0.15, 0.2) is 48.7 Å². The number of ether oxygens (including phenoxy) is 2. The third kappa shape index (κ3) is 4.04. The minimum absolute atomic E-state index is 0.596. The van der Waals surface area contributed by atoms with Gasteiger partial charge in [-0.05, 0) is 79.8 Å². The second-order valence-corrected chi connectivity index (χ2v) is 10.1. The number of nitrogens with zero attached hydrogens (tertiary/aromatic N) is 1. The summed E-state index contributed by atoms with van der Waals surface area (Å²) in [5, 5.41) is 13.4. The number of aliphatic carboxylic acids is 1. The van der Waals surface area contributed by atoms with Crippen molar-refractivity contribution in [2.75, 3.05) is 6.61 Å². The Hall–Kier alpha value is -3.44. The van der Waals surface area contributed by atoms with E-state index in [4.69, 9.17) is 14.5 Å². The highest BCUT2D eigenvalue weighted by Gasteiger charge is 2.33. The number of carbonyl (C=O) groups is 1. The summed E-state index contributed by atoms with van der Waals surface area (Å²) in [5.41, 5.74) is 5.90. The first-order valence-corrected chi connectivity index (χ1v) is 12.2. The lowest BCUT2D eigenvalue weighted by molar-refractivity contribution is -0.162. The van der Waals surface area contributed by atoms with Crippen molar-refractivity contribution in [2.45, 2.75) is 59.2 Å². The van der Waals surface area contributed by atoms with E-state index in [1.54, 1.807) is 0 Å². The quantitative estimate of drug-likeness (QED) is 0.331. The summed E-state index contributed by atoms with van der Waals surface area (Å²) in [6.45, 7) is 10.6. The van der Waals surface area contributed by atoms with Crippen LogP contribution in [0.2, 0.25) is 0 Å². The normalized spacial score (nSPS) is 14.2. The number of pyridine rings is 1. The topological polar surface area (TPSA) is 68.7 Å². The molecule has 1 aromatic heterocycles. The Bertz CT molecular complexity index is 1460. The van der Waals surface area contributed by atoms with Crippen LogP contribution in [0.1, 0.15) is 55.5 Å². The van der Waals surface area contributed by atoms with Crippen LogP contribution >= 0.6 is 0 Å². The van der Waals surface area contributed by atoms with E-state index < -0.39 is 17.7 Å². The molecule has 1 aliphatic heterocycles. The number of hydrogen-bond donors (Lipinski definition) is 1. The molecule has 0 saturated heterocycles. The number of carboxylic acids is 1. The highest BCUT2D eigenvalue weighted by molar-refractivity contribution is 6.09. The maximum Gasteiger partial charge on any atom is 0.337 e. The fourth-order valence-electron chi connectivity index (χ4n) is 5.05. The van der Waals surface area contributed by atoms with Crippen molar-refractivity contribution < 1.29 is 19.4 Å². The SMILES string of the molecule is CCC(C)(C)O[C@@H](C(=O)O)c1c(C)cc2cc(C)ccc2c1-c1ccc2c3c(ccnc13)CCO2. The Morgan fingerprint density at radius 1 is 1.17 bits per heavy atom. The van der Waals surface area contributed by atoms with E-state index in [0.29, 0.717) is 18.6 Å². The molecule has 0 bridgehead atoms. The number of benzene rings is 3. The van der Waals surface area contributed by atoms with Gasteiger partial charge in [-0.3, -0.25) is 4.98 Å². The van der Waals surface area contributed by atoms with Crippen LogP contribution in [-0.2, 0) is 16.0 Å². The van der Waals surface area contributed by atoms with Gasteiger partial charge in [-0.15, -0.1) is 0 Å². The average molecular weight is 470 g/mol. The van der Waals surface area contributed by atoms with E-state index in [-0.39, 0.29) is 0 Å². The van der Waals surface area contributed by atoms with Gasteiger partial charge in [0.2, 0.25) is 0 Å². The molecule has 0 unspecified atom stereocenters. The predicted molar refractivity (Wildman–Crippen MR) is 139 cm³/mol. The molecular weight excluding hydrogens is 438 g/mol. The maximum absolute atomic E-state index is 12.7. The molecule has 3 aromatic carbocycles. The van der Waals surface area contributed by atoms with Crippen molar-refractivity contribution >= 4 is 27.6 Å². The van der Waals surface area contributed by atoms with Gasteiger partial charge in [-0.1, -0.05) is 36.8 Å². The second kappa shape index (κ2) is 8.65. The van der Waals surface area contributed by atoms with Crippen LogP contribution in [0.5, 0.6) is 5.75 Å². The summed E-state index contributed by atoms with van der Waals surface area (Å²) >= 11 is 0. The molecule has 35 heavy (non-hydrogen) atoms. The summed E-state index contributed by atoms with van der Waals surface area (Å²) in [4.78, 5) is 17.5. The number of aromatic nitrogens is 1.